The van der Waals surface area contributed by atoms with E-state index in [2.05, 4.69) is 50.2 Å². The standard InChI is InChI=1S/C20H26O2/c1-3-18(16-10-6-4-7-11-16)15(2)19(14-20(21)22)17-12-8-5-9-13-17/h4-13,15,18-22H,3,14H2,1-2H3. The van der Waals surface area contributed by atoms with Crippen LogP contribution in [0.25, 0.3) is 0 Å². The van der Waals surface area contributed by atoms with Gasteiger partial charge >= 0.3 is 0 Å². The van der Waals surface area contributed by atoms with Gasteiger partial charge in [-0.2, -0.15) is 0 Å². The molecular weight excluding hydrogens is 272 g/mol. The SMILES string of the molecule is CCC(c1ccccc1)C(C)C(CC(O)O)c1ccccc1. The van der Waals surface area contributed by atoms with E-state index >= 15 is 0 Å². The third-order valence-electron chi connectivity index (χ3n) is 4.63. The molecule has 2 rings (SSSR count). The Hall–Kier alpha value is -1.64. The summed E-state index contributed by atoms with van der Waals surface area (Å²) in [6, 6.07) is 20.7. The predicted molar refractivity (Wildman–Crippen MR) is 90.7 cm³/mol. The molecule has 0 heterocycles. The van der Waals surface area contributed by atoms with Gasteiger partial charge in [0.05, 0.1) is 0 Å². The third kappa shape index (κ3) is 4.19. The Morgan fingerprint density at radius 3 is 1.64 bits per heavy atom. The van der Waals surface area contributed by atoms with Gasteiger partial charge in [0, 0.05) is 6.42 Å². The summed E-state index contributed by atoms with van der Waals surface area (Å²) in [6.45, 7) is 4.42. The molecule has 22 heavy (non-hydrogen) atoms. The Labute approximate surface area is 133 Å². The van der Waals surface area contributed by atoms with E-state index in [0.717, 1.165) is 6.42 Å². The smallest absolute Gasteiger partial charge is 0.152 e. The van der Waals surface area contributed by atoms with Gasteiger partial charge < -0.3 is 10.2 Å². The van der Waals surface area contributed by atoms with Crippen LogP contribution in [0.2, 0.25) is 0 Å². The van der Waals surface area contributed by atoms with Crippen LogP contribution < -0.4 is 0 Å². The molecule has 0 aliphatic rings. The van der Waals surface area contributed by atoms with Crippen LogP contribution in [-0.4, -0.2) is 16.5 Å². The molecule has 0 aliphatic heterocycles. The van der Waals surface area contributed by atoms with Crippen molar-refractivity contribution in [3.05, 3.63) is 71.8 Å². The molecule has 2 nitrogen and oxygen atoms in total. The van der Waals surface area contributed by atoms with Crippen molar-refractivity contribution in [1.82, 2.24) is 0 Å². The maximum Gasteiger partial charge on any atom is 0.152 e. The van der Waals surface area contributed by atoms with Crippen molar-refractivity contribution in [3.8, 4) is 0 Å². The molecule has 0 aromatic heterocycles. The van der Waals surface area contributed by atoms with Crippen molar-refractivity contribution in [2.45, 2.75) is 44.8 Å². The van der Waals surface area contributed by atoms with Crippen LogP contribution in [0.4, 0.5) is 0 Å². The Kier molecular flexibility index (Phi) is 6.17. The number of hydrogen-bond acceptors (Lipinski definition) is 2. The lowest BCUT2D eigenvalue weighted by molar-refractivity contribution is -0.0537. The molecule has 2 N–H and O–H groups in total. The molecule has 0 fully saturated rings. The maximum absolute atomic E-state index is 9.51. The van der Waals surface area contributed by atoms with E-state index in [1.165, 1.54) is 11.1 Å². The van der Waals surface area contributed by atoms with E-state index in [1.807, 2.05) is 24.3 Å². The first-order valence-electron chi connectivity index (χ1n) is 8.09. The third-order valence-corrected chi connectivity index (χ3v) is 4.63. The lowest BCUT2D eigenvalue weighted by Crippen LogP contribution is -2.22. The van der Waals surface area contributed by atoms with Crippen molar-refractivity contribution in [2.75, 3.05) is 0 Å². The second-order valence-electron chi connectivity index (χ2n) is 6.02. The highest BCUT2D eigenvalue weighted by Crippen LogP contribution is 2.40. The predicted octanol–water partition coefficient (Wildman–Crippen LogP) is 4.30. The average Bonchev–Trinajstić information content (AvgIpc) is 2.55. The zero-order valence-electron chi connectivity index (χ0n) is 13.4. The van der Waals surface area contributed by atoms with E-state index in [1.54, 1.807) is 0 Å². The summed E-state index contributed by atoms with van der Waals surface area (Å²) in [4.78, 5) is 0. The maximum atomic E-state index is 9.51. The molecule has 118 valence electrons. The molecule has 2 aromatic carbocycles. The van der Waals surface area contributed by atoms with Crippen molar-refractivity contribution in [2.24, 2.45) is 5.92 Å². The van der Waals surface area contributed by atoms with Gasteiger partial charge in [0.15, 0.2) is 6.29 Å². The van der Waals surface area contributed by atoms with Crippen LogP contribution >= 0.6 is 0 Å². The Balaban J connectivity index is 2.29. The molecule has 0 amide bonds. The molecule has 3 unspecified atom stereocenters. The van der Waals surface area contributed by atoms with Gasteiger partial charge in [-0.3, -0.25) is 0 Å². The van der Waals surface area contributed by atoms with Crippen LogP contribution in [-0.2, 0) is 0 Å². The Morgan fingerprint density at radius 2 is 1.23 bits per heavy atom. The fraction of sp³-hybridized carbons (Fsp3) is 0.400. The number of rotatable bonds is 7. The second kappa shape index (κ2) is 8.11. The zero-order valence-corrected chi connectivity index (χ0v) is 13.4. The fourth-order valence-corrected chi connectivity index (χ4v) is 3.47. The first-order chi connectivity index (χ1) is 10.6. The number of hydrogen-bond donors (Lipinski definition) is 2. The van der Waals surface area contributed by atoms with Gasteiger partial charge in [0.2, 0.25) is 0 Å². The minimum absolute atomic E-state index is 0.131. The first kappa shape index (κ1) is 16.7. The topological polar surface area (TPSA) is 40.5 Å². The largest absolute Gasteiger partial charge is 0.368 e. The molecule has 0 saturated heterocycles. The molecule has 0 bridgehead atoms. The molecule has 0 aliphatic carbocycles. The number of aliphatic hydroxyl groups is 2. The van der Waals surface area contributed by atoms with Crippen molar-refractivity contribution in [1.29, 1.82) is 0 Å². The summed E-state index contributed by atoms with van der Waals surface area (Å²) >= 11 is 0. The van der Waals surface area contributed by atoms with E-state index in [4.69, 9.17) is 0 Å². The van der Waals surface area contributed by atoms with Crippen LogP contribution in [0, 0.1) is 5.92 Å². The highest BCUT2D eigenvalue weighted by atomic mass is 16.5. The Morgan fingerprint density at radius 1 is 0.773 bits per heavy atom. The van der Waals surface area contributed by atoms with Crippen LogP contribution in [0.3, 0.4) is 0 Å². The van der Waals surface area contributed by atoms with Crippen LogP contribution in [0.15, 0.2) is 60.7 Å². The van der Waals surface area contributed by atoms with Crippen LogP contribution in [0.1, 0.15) is 49.7 Å². The molecule has 2 aromatic rings. The van der Waals surface area contributed by atoms with Gasteiger partial charge in [-0.05, 0) is 35.3 Å². The van der Waals surface area contributed by atoms with Gasteiger partial charge in [0.1, 0.15) is 0 Å². The lowest BCUT2D eigenvalue weighted by atomic mass is 9.73. The quantitative estimate of drug-likeness (QED) is 0.748. The number of benzene rings is 2. The zero-order chi connectivity index (χ0) is 15.9. The van der Waals surface area contributed by atoms with Crippen molar-refractivity contribution >= 4 is 0 Å². The van der Waals surface area contributed by atoms with E-state index < -0.39 is 6.29 Å². The highest BCUT2D eigenvalue weighted by Gasteiger charge is 2.28. The van der Waals surface area contributed by atoms with Crippen LogP contribution in [0.5, 0.6) is 0 Å². The second-order valence-corrected chi connectivity index (χ2v) is 6.02. The van der Waals surface area contributed by atoms with Crippen molar-refractivity contribution in [3.63, 3.8) is 0 Å². The summed E-state index contributed by atoms with van der Waals surface area (Å²) < 4.78 is 0. The summed E-state index contributed by atoms with van der Waals surface area (Å²) in [6.07, 6.45) is 0.130. The lowest BCUT2D eigenvalue weighted by Gasteiger charge is -2.32. The minimum Gasteiger partial charge on any atom is -0.368 e. The molecule has 0 spiro atoms. The van der Waals surface area contributed by atoms with E-state index in [9.17, 15) is 10.2 Å². The normalized spacial score (nSPS) is 15.5. The highest BCUT2D eigenvalue weighted by molar-refractivity contribution is 5.25. The molecular formula is C20H26O2. The molecule has 3 atom stereocenters. The minimum atomic E-state index is -1.28. The van der Waals surface area contributed by atoms with E-state index in [-0.39, 0.29) is 5.92 Å². The molecule has 0 radical (unpaired) electrons. The summed E-state index contributed by atoms with van der Waals surface area (Å²) in [5.41, 5.74) is 2.50. The number of aliphatic hydroxyl groups excluding tert-OH is 1. The molecule has 2 heteroatoms. The Bertz CT molecular complexity index is 536. The summed E-state index contributed by atoms with van der Waals surface area (Å²) in [7, 11) is 0. The van der Waals surface area contributed by atoms with E-state index in [0.29, 0.717) is 18.3 Å². The van der Waals surface area contributed by atoms with Gasteiger partial charge in [-0.25, -0.2) is 0 Å². The van der Waals surface area contributed by atoms with Gasteiger partial charge in [0.25, 0.3) is 0 Å². The summed E-state index contributed by atoms with van der Waals surface area (Å²) in [5.74, 6) is 0.869. The average molecular weight is 298 g/mol. The van der Waals surface area contributed by atoms with Gasteiger partial charge in [-0.1, -0.05) is 74.5 Å². The first-order valence-corrected chi connectivity index (χ1v) is 8.09. The monoisotopic (exact) mass is 298 g/mol. The van der Waals surface area contributed by atoms with Crippen molar-refractivity contribution < 1.29 is 10.2 Å². The summed E-state index contributed by atoms with van der Waals surface area (Å²) in [5, 5.41) is 19.0. The van der Waals surface area contributed by atoms with Gasteiger partial charge in [-0.15, -0.1) is 0 Å². The molecule has 0 saturated carbocycles. The fourth-order valence-electron chi connectivity index (χ4n) is 3.47.